The van der Waals surface area contributed by atoms with Crippen molar-refractivity contribution >= 4 is 44.0 Å². The summed E-state index contributed by atoms with van der Waals surface area (Å²) in [7, 11) is -3.80. The van der Waals surface area contributed by atoms with Crippen molar-refractivity contribution in [2.24, 2.45) is 0 Å². The normalized spacial score (nSPS) is 15.5. The van der Waals surface area contributed by atoms with Crippen LogP contribution in [0, 0.1) is 0 Å². The number of hydrogen-bond acceptors (Lipinski definition) is 6. The fraction of sp³-hybridized carbons (Fsp3) is 0.0238. The Morgan fingerprint density at radius 3 is 1.53 bits per heavy atom. The van der Waals surface area contributed by atoms with Gasteiger partial charge in [-0.2, -0.15) is 0 Å². The molecule has 0 N–H and O–H groups in total. The molecule has 3 aliphatic heterocycles. The molecule has 0 unspecified atom stereocenters. The third-order valence-corrected chi connectivity index (χ3v) is 11.7. The van der Waals surface area contributed by atoms with Gasteiger partial charge in [-0.05, 0) is 70.8 Å². The second-order valence-electron chi connectivity index (χ2n) is 12.4. The highest BCUT2D eigenvalue weighted by Crippen LogP contribution is 2.64. The highest BCUT2D eigenvalue weighted by atomic mass is 32.2. The summed E-state index contributed by atoms with van der Waals surface area (Å²) < 4.78 is 33.4. The minimum Gasteiger partial charge on any atom is -0.454 e. The van der Waals surface area contributed by atoms with Crippen molar-refractivity contribution in [2.45, 2.75) is 15.2 Å². The van der Waals surface area contributed by atoms with E-state index in [9.17, 15) is 8.42 Å². The van der Waals surface area contributed by atoms with Crippen LogP contribution < -0.4 is 14.5 Å². The van der Waals surface area contributed by atoms with Crippen LogP contribution in [0.4, 0.5) is 34.1 Å². The number of aromatic nitrogens is 1. The van der Waals surface area contributed by atoms with Gasteiger partial charge >= 0.3 is 0 Å². The maximum Gasteiger partial charge on any atom is 0.215 e. The molecule has 234 valence electrons. The van der Waals surface area contributed by atoms with Crippen molar-refractivity contribution in [1.82, 2.24) is 4.98 Å². The van der Waals surface area contributed by atoms with Crippen LogP contribution in [0.25, 0.3) is 0 Å². The molecule has 0 saturated carbocycles. The van der Waals surface area contributed by atoms with E-state index in [1.54, 1.807) is 18.3 Å². The Hall–Kier alpha value is -6.18. The van der Waals surface area contributed by atoms with Crippen LogP contribution in [0.2, 0.25) is 0 Å². The molecule has 6 aromatic carbocycles. The minimum absolute atomic E-state index is 0.0741. The van der Waals surface area contributed by atoms with Crippen LogP contribution in [0.5, 0.6) is 11.5 Å². The Bertz CT molecular complexity index is 2490. The minimum atomic E-state index is -3.80. The first-order valence-electron chi connectivity index (χ1n) is 16.1. The molecule has 0 radical (unpaired) electrons. The Morgan fingerprint density at radius 1 is 0.490 bits per heavy atom. The van der Waals surface area contributed by atoms with E-state index in [0.29, 0.717) is 5.75 Å². The van der Waals surface area contributed by atoms with Crippen molar-refractivity contribution in [2.75, 3.05) is 9.80 Å². The van der Waals surface area contributed by atoms with Gasteiger partial charge in [0.15, 0.2) is 0 Å². The Balaban J connectivity index is 1.25. The van der Waals surface area contributed by atoms with Gasteiger partial charge in [0.25, 0.3) is 0 Å². The van der Waals surface area contributed by atoms with Crippen LogP contribution in [0.1, 0.15) is 22.3 Å². The summed E-state index contributed by atoms with van der Waals surface area (Å²) in [5.41, 5.74) is 10.1. The zero-order valence-electron chi connectivity index (χ0n) is 26.1. The first-order chi connectivity index (χ1) is 24.1. The molecule has 7 heteroatoms. The van der Waals surface area contributed by atoms with Gasteiger partial charge in [0.2, 0.25) is 9.84 Å². The van der Waals surface area contributed by atoms with Crippen molar-refractivity contribution < 1.29 is 13.2 Å². The second-order valence-corrected chi connectivity index (χ2v) is 14.3. The van der Waals surface area contributed by atoms with E-state index < -0.39 is 15.3 Å². The zero-order valence-corrected chi connectivity index (χ0v) is 26.9. The van der Waals surface area contributed by atoms with Crippen molar-refractivity contribution in [3.63, 3.8) is 0 Å². The molecule has 6 nitrogen and oxygen atoms in total. The number of sulfone groups is 1. The van der Waals surface area contributed by atoms with Crippen molar-refractivity contribution in [3.8, 4) is 11.5 Å². The number of rotatable bonds is 2. The monoisotopic (exact) mass is 653 g/mol. The van der Waals surface area contributed by atoms with Gasteiger partial charge in [-0.15, -0.1) is 0 Å². The Morgan fingerprint density at radius 2 is 0.980 bits per heavy atom. The fourth-order valence-electron chi connectivity index (χ4n) is 8.03. The Labute approximate surface area is 284 Å². The molecule has 0 atom stereocenters. The molecule has 1 spiro atoms. The first-order valence-corrected chi connectivity index (χ1v) is 17.6. The molecule has 1 aromatic heterocycles. The van der Waals surface area contributed by atoms with E-state index in [2.05, 4.69) is 136 Å². The smallest absolute Gasteiger partial charge is 0.215 e. The van der Waals surface area contributed by atoms with Gasteiger partial charge in [0, 0.05) is 35.9 Å². The summed E-state index contributed by atoms with van der Waals surface area (Å²) in [6, 6.07) is 52.0. The molecular weight excluding hydrogens is 627 g/mol. The molecule has 0 bridgehead atoms. The third kappa shape index (κ3) is 3.70. The van der Waals surface area contributed by atoms with Gasteiger partial charge < -0.3 is 14.5 Å². The van der Waals surface area contributed by atoms with Gasteiger partial charge in [0.1, 0.15) is 21.3 Å². The number of hydrogen-bond donors (Lipinski definition) is 0. The summed E-state index contributed by atoms with van der Waals surface area (Å²) in [6.45, 7) is 0. The van der Waals surface area contributed by atoms with E-state index in [1.165, 1.54) is 17.3 Å². The average molecular weight is 654 g/mol. The summed E-state index contributed by atoms with van der Waals surface area (Å²) >= 11 is 0. The van der Waals surface area contributed by atoms with E-state index in [1.807, 2.05) is 18.2 Å². The molecule has 0 amide bonds. The number of anilines is 6. The Kier molecular flexibility index (Phi) is 5.78. The third-order valence-electron chi connectivity index (χ3n) is 9.94. The van der Waals surface area contributed by atoms with E-state index in [0.717, 1.165) is 45.3 Å². The number of para-hydroxylation sites is 5. The zero-order chi connectivity index (χ0) is 32.7. The molecule has 10 rings (SSSR count). The molecule has 0 saturated heterocycles. The van der Waals surface area contributed by atoms with E-state index in [-0.39, 0.29) is 15.5 Å². The van der Waals surface area contributed by atoms with Crippen molar-refractivity contribution in [1.29, 1.82) is 0 Å². The highest BCUT2D eigenvalue weighted by molar-refractivity contribution is 7.91. The van der Waals surface area contributed by atoms with Gasteiger partial charge in [-0.3, -0.25) is 4.98 Å². The van der Waals surface area contributed by atoms with Crippen LogP contribution in [-0.2, 0) is 15.3 Å². The quantitative estimate of drug-likeness (QED) is 0.185. The highest BCUT2D eigenvalue weighted by Gasteiger charge is 2.51. The molecule has 0 fully saturated rings. The van der Waals surface area contributed by atoms with Crippen molar-refractivity contribution in [3.05, 3.63) is 186 Å². The molecule has 49 heavy (non-hydrogen) atoms. The van der Waals surface area contributed by atoms with Crippen LogP contribution in [-0.4, -0.2) is 13.4 Å². The molecule has 0 aliphatic carbocycles. The lowest BCUT2D eigenvalue weighted by molar-refractivity contribution is 0.442. The van der Waals surface area contributed by atoms with Crippen LogP contribution >= 0.6 is 0 Å². The lowest BCUT2D eigenvalue weighted by Crippen LogP contribution is -2.41. The van der Waals surface area contributed by atoms with Crippen LogP contribution in [0.3, 0.4) is 0 Å². The van der Waals surface area contributed by atoms with E-state index in [4.69, 9.17) is 4.74 Å². The van der Waals surface area contributed by atoms with Gasteiger partial charge in [-0.1, -0.05) is 91.0 Å². The lowest BCUT2D eigenvalue weighted by atomic mass is 9.60. The predicted octanol–water partition coefficient (Wildman–Crippen LogP) is 9.97. The second kappa shape index (κ2) is 10.2. The molecule has 3 aliphatic rings. The summed E-state index contributed by atoms with van der Waals surface area (Å²) in [5, 5.41) is 0. The SMILES string of the molecule is O=S1(=O)c2ccc(N3c4ccccc4C4(c5ccccc5N(c5ccccc5)c5ccccc54)c4ccccc43)cc2Oc2ccncc21. The van der Waals surface area contributed by atoms with Crippen LogP contribution in [0.15, 0.2) is 174 Å². The number of fused-ring (bicyclic) bond motifs is 10. The largest absolute Gasteiger partial charge is 0.454 e. The maximum absolute atomic E-state index is 13.6. The topological polar surface area (TPSA) is 62.7 Å². The summed E-state index contributed by atoms with van der Waals surface area (Å²) in [6.07, 6.45) is 2.88. The van der Waals surface area contributed by atoms with E-state index >= 15 is 0 Å². The molecule has 4 heterocycles. The predicted molar refractivity (Wildman–Crippen MR) is 191 cm³/mol. The first kappa shape index (κ1) is 27.9. The average Bonchev–Trinajstić information content (AvgIpc) is 3.15. The molecule has 7 aromatic rings. The maximum atomic E-state index is 13.6. The number of pyridine rings is 1. The number of nitrogens with zero attached hydrogens (tertiary/aromatic N) is 3. The van der Waals surface area contributed by atoms with Gasteiger partial charge in [-0.25, -0.2) is 8.42 Å². The summed E-state index contributed by atoms with van der Waals surface area (Å²) in [4.78, 5) is 8.82. The fourth-order valence-corrected chi connectivity index (χ4v) is 9.46. The number of ether oxygens (including phenoxy) is 1. The standard InChI is InChI=1S/C42H27N3O3S/c46-49(47)40-23-22-29(26-39(40)48-38-24-25-43-27-41(38)49)45-36-20-10-6-16-32(36)42(33-17-7-11-21-37(33)45)30-14-4-8-18-34(30)44(28-12-2-1-3-13-28)35-19-9-5-15-31(35)42/h1-27H. The van der Waals surface area contributed by atoms with Gasteiger partial charge in [0.05, 0.1) is 28.2 Å². The number of benzene rings is 6. The molecular formula is C42H27N3O3S. The summed E-state index contributed by atoms with van der Waals surface area (Å²) in [5.74, 6) is 0.565. The lowest BCUT2D eigenvalue weighted by Gasteiger charge is -2.51.